The van der Waals surface area contributed by atoms with Gasteiger partial charge in [0.25, 0.3) is 0 Å². The molecule has 3 amide bonds. The van der Waals surface area contributed by atoms with Gasteiger partial charge in [0.15, 0.2) is 0 Å². The first-order chi connectivity index (χ1) is 11.6. The summed E-state index contributed by atoms with van der Waals surface area (Å²) in [6, 6.07) is 5.54. The number of likely N-dealkylation sites (tertiary alicyclic amines) is 1. The molecule has 2 N–H and O–H groups in total. The lowest BCUT2D eigenvalue weighted by Crippen LogP contribution is -2.43. The van der Waals surface area contributed by atoms with Crippen molar-refractivity contribution in [2.75, 3.05) is 36.5 Å². The van der Waals surface area contributed by atoms with E-state index in [-0.39, 0.29) is 24.5 Å². The van der Waals surface area contributed by atoms with Crippen molar-refractivity contribution in [1.29, 1.82) is 0 Å². The number of carbonyl (C=O) groups excluding carboxylic acids is 2. The highest BCUT2D eigenvalue weighted by Gasteiger charge is 2.25. The van der Waals surface area contributed by atoms with E-state index in [0.717, 1.165) is 37.1 Å². The Kier molecular flexibility index (Phi) is 5.04. The van der Waals surface area contributed by atoms with Crippen LogP contribution in [0.4, 0.5) is 16.2 Å². The van der Waals surface area contributed by atoms with Crippen LogP contribution in [0.25, 0.3) is 0 Å². The van der Waals surface area contributed by atoms with Crippen molar-refractivity contribution in [1.82, 2.24) is 4.90 Å². The van der Waals surface area contributed by atoms with Gasteiger partial charge in [-0.05, 0) is 49.8 Å². The summed E-state index contributed by atoms with van der Waals surface area (Å²) in [6.45, 7) is 4.14. The van der Waals surface area contributed by atoms with E-state index in [4.69, 9.17) is 0 Å². The van der Waals surface area contributed by atoms with Gasteiger partial charge in [-0.1, -0.05) is 6.07 Å². The quantitative estimate of drug-likeness (QED) is 0.893. The molecule has 1 aromatic rings. The zero-order valence-electron chi connectivity index (χ0n) is 14.1. The molecule has 2 heterocycles. The molecule has 0 aromatic heterocycles. The van der Waals surface area contributed by atoms with Crippen LogP contribution in [0.15, 0.2) is 18.2 Å². The minimum absolute atomic E-state index is 0.121. The maximum atomic E-state index is 12.5. The number of hydrogen-bond acceptors (Lipinski definition) is 3. The molecule has 0 radical (unpaired) electrons. The van der Waals surface area contributed by atoms with E-state index in [1.165, 1.54) is 0 Å². The normalized spacial score (nSPS) is 21.2. The number of nitrogens with zero attached hydrogens (tertiary/aromatic N) is 2. The number of urea groups is 1. The predicted octanol–water partition coefficient (Wildman–Crippen LogP) is 2.36. The Morgan fingerprint density at radius 3 is 2.88 bits per heavy atom. The number of nitrogens with one attached hydrogen (secondary N) is 1. The number of aliphatic hydroxyl groups is 1. The summed E-state index contributed by atoms with van der Waals surface area (Å²) in [5.74, 6) is 0.309. The molecule has 0 spiro atoms. The second-order valence-electron chi connectivity index (χ2n) is 6.72. The standard InChI is InChI=1S/C18H25N3O3/c1-13-6-7-15(10-16(13)21-9-3-5-17(21)23)19-18(24)20-8-2-4-14(11-20)12-22/h6-7,10,14,22H,2-5,8-9,11-12H2,1H3,(H,19,24)/t14-/m0/s1. The second kappa shape index (κ2) is 7.21. The number of anilines is 2. The Morgan fingerprint density at radius 2 is 2.17 bits per heavy atom. The Balaban J connectivity index is 1.71. The highest BCUT2D eigenvalue weighted by molar-refractivity contribution is 5.97. The molecular formula is C18H25N3O3. The van der Waals surface area contributed by atoms with Gasteiger partial charge in [-0.2, -0.15) is 0 Å². The van der Waals surface area contributed by atoms with Gasteiger partial charge in [-0.25, -0.2) is 4.79 Å². The summed E-state index contributed by atoms with van der Waals surface area (Å²) in [5, 5.41) is 12.2. The smallest absolute Gasteiger partial charge is 0.321 e. The predicted molar refractivity (Wildman–Crippen MR) is 93.2 cm³/mol. The van der Waals surface area contributed by atoms with Crippen molar-refractivity contribution in [3.05, 3.63) is 23.8 Å². The number of aryl methyl sites for hydroxylation is 1. The maximum absolute atomic E-state index is 12.5. The fraction of sp³-hybridized carbons (Fsp3) is 0.556. The summed E-state index contributed by atoms with van der Waals surface area (Å²) in [6.07, 6.45) is 3.35. The number of aliphatic hydroxyl groups excluding tert-OH is 1. The molecule has 24 heavy (non-hydrogen) atoms. The lowest BCUT2D eigenvalue weighted by atomic mass is 9.99. The van der Waals surface area contributed by atoms with E-state index in [1.54, 1.807) is 9.80 Å². The summed E-state index contributed by atoms with van der Waals surface area (Å²) in [4.78, 5) is 28.0. The third-order valence-electron chi connectivity index (χ3n) is 4.89. The highest BCUT2D eigenvalue weighted by Crippen LogP contribution is 2.28. The van der Waals surface area contributed by atoms with Gasteiger partial charge in [0.1, 0.15) is 0 Å². The topological polar surface area (TPSA) is 72.9 Å². The number of hydrogen-bond donors (Lipinski definition) is 2. The number of carbonyl (C=O) groups is 2. The van der Waals surface area contributed by atoms with Crippen molar-refractivity contribution >= 4 is 23.3 Å². The molecule has 2 saturated heterocycles. The van der Waals surface area contributed by atoms with E-state index >= 15 is 0 Å². The monoisotopic (exact) mass is 331 g/mol. The molecule has 2 fully saturated rings. The minimum Gasteiger partial charge on any atom is -0.396 e. The van der Waals surface area contributed by atoms with Crippen LogP contribution in [0, 0.1) is 12.8 Å². The summed E-state index contributed by atoms with van der Waals surface area (Å²) < 4.78 is 0. The van der Waals surface area contributed by atoms with Gasteiger partial charge in [-0.15, -0.1) is 0 Å². The van der Waals surface area contributed by atoms with Gasteiger partial charge in [-0.3, -0.25) is 4.79 Å². The lowest BCUT2D eigenvalue weighted by molar-refractivity contribution is -0.117. The first-order valence-electron chi connectivity index (χ1n) is 8.66. The van der Waals surface area contributed by atoms with Gasteiger partial charge >= 0.3 is 6.03 Å². The number of benzene rings is 1. The molecule has 2 aliphatic heterocycles. The minimum atomic E-state index is -0.143. The molecule has 0 saturated carbocycles. The van der Waals surface area contributed by atoms with Gasteiger partial charge < -0.3 is 20.2 Å². The molecule has 2 aliphatic rings. The van der Waals surface area contributed by atoms with Crippen molar-refractivity contribution in [3.8, 4) is 0 Å². The Bertz CT molecular complexity index is 632. The molecule has 3 rings (SSSR count). The van der Waals surface area contributed by atoms with E-state index in [2.05, 4.69) is 5.32 Å². The highest BCUT2D eigenvalue weighted by atomic mass is 16.3. The van der Waals surface area contributed by atoms with Crippen LogP contribution in [-0.2, 0) is 4.79 Å². The molecule has 0 bridgehead atoms. The second-order valence-corrected chi connectivity index (χ2v) is 6.72. The van der Waals surface area contributed by atoms with E-state index in [1.807, 2.05) is 25.1 Å². The van der Waals surface area contributed by atoms with Crippen LogP contribution in [-0.4, -0.2) is 48.2 Å². The zero-order chi connectivity index (χ0) is 17.1. The van der Waals surface area contributed by atoms with Crippen molar-refractivity contribution in [3.63, 3.8) is 0 Å². The maximum Gasteiger partial charge on any atom is 0.321 e. The molecular weight excluding hydrogens is 306 g/mol. The van der Waals surface area contributed by atoms with Crippen LogP contribution in [0.2, 0.25) is 0 Å². The first-order valence-corrected chi connectivity index (χ1v) is 8.66. The van der Waals surface area contributed by atoms with Crippen LogP contribution in [0.5, 0.6) is 0 Å². The average molecular weight is 331 g/mol. The average Bonchev–Trinajstić information content (AvgIpc) is 3.02. The SMILES string of the molecule is Cc1ccc(NC(=O)N2CCC[C@H](CO)C2)cc1N1CCCC1=O. The third kappa shape index (κ3) is 3.53. The fourth-order valence-corrected chi connectivity index (χ4v) is 3.48. The van der Waals surface area contributed by atoms with Crippen molar-refractivity contribution < 1.29 is 14.7 Å². The van der Waals surface area contributed by atoms with E-state index < -0.39 is 0 Å². The zero-order valence-corrected chi connectivity index (χ0v) is 14.1. The summed E-state index contributed by atoms with van der Waals surface area (Å²) in [5.41, 5.74) is 2.61. The van der Waals surface area contributed by atoms with Crippen LogP contribution in [0.1, 0.15) is 31.2 Å². The van der Waals surface area contributed by atoms with Crippen molar-refractivity contribution in [2.24, 2.45) is 5.92 Å². The van der Waals surface area contributed by atoms with Gasteiger partial charge in [0.05, 0.1) is 0 Å². The summed E-state index contributed by atoms with van der Waals surface area (Å²) in [7, 11) is 0. The lowest BCUT2D eigenvalue weighted by Gasteiger charge is -2.32. The number of rotatable bonds is 3. The van der Waals surface area contributed by atoms with E-state index in [0.29, 0.717) is 25.2 Å². The van der Waals surface area contributed by atoms with Crippen LogP contribution in [0.3, 0.4) is 0 Å². The van der Waals surface area contributed by atoms with Crippen LogP contribution >= 0.6 is 0 Å². The Labute approximate surface area is 142 Å². The largest absolute Gasteiger partial charge is 0.396 e. The van der Waals surface area contributed by atoms with Crippen molar-refractivity contribution in [2.45, 2.75) is 32.6 Å². The van der Waals surface area contributed by atoms with Gasteiger partial charge in [0, 0.05) is 44.0 Å². The molecule has 6 nitrogen and oxygen atoms in total. The van der Waals surface area contributed by atoms with Gasteiger partial charge in [0.2, 0.25) is 5.91 Å². The first kappa shape index (κ1) is 16.8. The molecule has 0 aliphatic carbocycles. The molecule has 6 heteroatoms. The molecule has 1 atom stereocenters. The van der Waals surface area contributed by atoms with E-state index in [9.17, 15) is 14.7 Å². The number of piperidine rings is 1. The molecule has 130 valence electrons. The molecule has 0 unspecified atom stereocenters. The Morgan fingerprint density at radius 1 is 1.33 bits per heavy atom. The fourth-order valence-electron chi connectivity index (χ4n) is 3.48. The Hall–Kier alpha value is -2.08. The number of amides is 3. The third-order valence-corrected chi connectivity index (χ3v) is 4.89. The molecule has 1 aromatic carbocycles. The van der Waals surface area contributed by atoms with Crippen LogP contribution < -0.4 is 10.2 Å². The summed E-state index contributed by atoms with van der Waals surface area (Å²) >= 11 is 0.